The predicted molar refractivity (Wildman–Crippen MR) is 77.7 cm³/mol. The molecule has 21 heavy (non-hydrogen) atoms. The summed E-state index contributed by atoms with van der Waals surface area (Å²) in [4.78, 5) is 14.9. The second kappa shape index (κ2) is 5.66. The first-order valence-corrected chi connectivity index (χ1v) is 8.01. The summed E-state index contributed by atoms with van der Waals surface area (Å²) in [5.74, 6) is -1.09. The van der Waals surface area contributed by atoms with Crippen LogP contribution >= 0.6 is 11.3 Å². The zero-order valence-corrected chi connectivity index (χ0v) is 12.7. The number of aromatic nitrogens is 3. The van der Waals surface area contributed by atoms with Crippen molar-refractivity contribution >= 4 is 38.5 Å². The number of carboxylic acid groups (broad SMARTS) is 1. The monoisotopic (exact) mass is 328 g/mol. The molecule has 0 fully saturated rings. The molecule has 112 valence electrons. The molecule has 2 aromatic rings. The van der Waals surface area contributed by atoms with Crippen molar-refractivity contribution < 1.29 is 18.3 Å². The third kappa shape index (κ3) is 3.47. The summed E-state index contributed by atoms with van der Waals surface area (Å²) < 4.78 is 26.9. The standard InChI is InChI=1S/C11H12N4O4S2/c1-6-10(7(2)14-13-6)21(18,19)15-11-12-5-8(20-11)3-4-9(16)17/h3-5H,1-2H3,(H,12,15)(H,13,14)(H,16,17). The topological polar surface area (TPSA) is 125 Å². The molecule has 2 aromatic heterocycles. The average Bonchev–Trinajstić information content (AvgIpc) is 2.93. The fraction of sp³-hybridized carbons (Fsp3) is 0.182. The number of H-pyrrole nitrogens is 1. The summed E-state index contributed by atoms with van der Waals surface area (Å²) in [6.45, 7) is 3.19. The van der Waals surface area contributed by atoms with Crippen molar-refractivity contribution in [3.8, 4) is 0 Å². The summed E-state index contributed by atoms with van der Waals surface area (Å²) in [6.07, 6.45) is 3.68. The molecule has 0 spiro atoms. The Labute approximate surface area is 124 Å². The normalized spacial score (nSPS) is 11.9. The van der Waals surface area contributed by atoms with E-state index >= 15 is 0 Å². The van der Waals surface area contributed by atoms with Gasteiger partial charge in [-0.3, -0.25) is 9.82 Å². The average molecular weight is 328 g/mol. The zero-order chi connectivity index (χ0) is 15.6. The van der Waals surface area contributed by atoms with Crippen LogP contribution in [0.2, 0.25) is 0 Å². The Morgan fingerprint density at radius 3 is 2.76 bits per heavy atom. The Balaban J connectivity index is 2.24. The van der Waals surface area contributed by atoms with E-state index in [1.807, 2.05) is 0 Å². The zero-order valence-electron chi connectivity index (χ0n) is 11.1. The third-order valence-corrected chi connectivity index (χ3v) is 5.07. The van der Waals surface area contributed by atoms with Gasteiger partial charge in [0.1, 0.15) is 4.90 Å². The highest BCUT2D eigenvalue weighted by molar-refractivity contribution is 7.93. The van der Waals surface area contributed by atoms with E-state index in [-0.39, 0.29) is 10.0 Å². The van der Waals surface area contributed by atoms with E-state index < -0.39 is 16.0 Å². The van der Waals surface area contributed by atoms with Gasteiger partial charge in [0, 0.05) is 17.2 Å². The van der Waals surface area contributed by atoms with Gasteiger partial charge in [-0.1, -0.05) is 11.3 Å². The fourth-order valence-electron chi connectivity index (χ4n) is 1.67. The molecule has 0 bridgehead atoms. The van der Waals surface area contributed by atoms with Crippen LogP contribution in [0.25, 0.3) is 6.08 Å². The van der Waals surface area contributed by atoms with Crippen LogP contribution in [0.4, 0.5) is 5.13 Å². The number of thiazole rings is 1. The van der Waals surface area contributed by atoms with Gasteiger partial charge in [0.15, 0.2) is 5.13 Å². The Hall–Kier alpha value is -2.20. The van der Waals surface area contributed by atoms with Gasteiger partial charge < -0.3 is 5.11 Å². The number of anilines is 1. The lowest BCUT2D eigenvalue weighted by Crippen LogP contribution is -2.14. The molecular formula is C11H12N4O4S2. The van der Waals surface area contributed by atoms with Crippen molar-refractivity contribution in [3.63, 3.8) is 0 Å². The third-order valence-electron chi connectivity index (χ3n) is 2.46. The van der Waals surface area contributed by atoms with Crippen molar-refractivity contribution in [1.82, 2.24) is 15.2 Å². The van der Waals surface area contributed by atoms with Gasteiger partial charge >= 0.3 is 5.97 Å². The largest absolute Gasteiger partial charge is 0.478 e. The maximum atomic E-state index is 12.3. The smallest absolute Gasteiger partial charge is 0.328 e. The molecule has 0 aliphatic heterocycles. The minimum absolute atomic E-state index is 0.0836. The highest BCUT2D eigenvalue weighted by atomic mass is 32.2. The maximum absolute atomic E-state index is 12.3. The van der Waals surface area contributed by atoms with Crippen LogP contribution in [-0.4, -0.2) is 34.7 Å². The Bertz CT molecular complexity index is 785. The molecule has 8 nitrogen and oxygen atoms in total. The molecule has 0 amide bonds. The molecule has 2 rings (SSSR count). The van der Waals surface area contributed by atoms with Crippen molar-refractivity contribution in [2.45, 2.75) is 18.7 Å². The van der Waals surface area contributed by atoms with E-state index in [0.29, 0.717) is 16.3 Å². The second-order valence-electron chi connectivity index (χ2n) is 4.11. The highest BCUT2D eigenvalue weighted by Crippen LogP contribution is 2.24. The van der Waals surface area contributed by atoms with Crippen molar-refractivity contribution in [2.75, 3.05) is 4.72 Å². The summed E-state index contributed by atoms with van der Waals surface area (Å²) in [6, 6.07) is 0. The molecule has 0 aliphatic rings. The van der Waals surface area contributed by atoms with E-state index in [1.165, 1.54) is 12.3 Å². The number of carbonyl (C=O) groups is 1. The lowest BCUT2D eigenvalue weighted by Gasteiger charge is -2.04. The van der Waals surface area contributed by atoms with E-state index in [1.54, 1.807) is 13.8 Å². The van der Waals surface area contributed by atoms with E-state index in [9.17, 15) is 13.2 Å². The highest BCUT2D eigenvalue weighted by Gasteiger charge is 2.23. The fourth-order valence-corrected chi connectivity index (χ4v) is 4.00. The molecule has 0 unspecified atom stereocenters. The van der Waals surface area contributed by atoms with Crippen molar-refractivity contribution in [3.05, 3.63) is 28.5 Å². The Morgan fingerprint density at radius 2 is 2.19 bits per heavy atom. The lowest BCUT2D eigenvalue weighted by atomic mass is 10.4. The van der Waals surface area contributed by atoms with Crippen LogP contribution in [0.5, 0.6) is 0 Å². The molecule has 0 aromatic carbocycles. The number of aliphatic carboxylic acids is 1. The van der Waals surface area contributed by atoms with Gasteiger partial charge in [-0.15, -0.1) is 0 Å². The Morgan fingerprint density at radius 1 is 1.48 bits per heavy atom. The molecular weight excluding hydrogens is 316 g/mol. The number of aromatic amines is 1. The minimum Gasteiger partial charge on any atom is -0.478 e. The lowest BCUT2D eigenvalue weighted by molar-refractivity contribution is -0.131. The summed E-state index contributed by atoms with van der Waals surface area (Å²) >= 11 is 1.03. The van der Waals surface area contributed by atoms with Crippen LogP contribution in [-0.2, 0) is 14.8 Å². The Kier molecular flexibility index (Phi) is 4.09. The summed E-state index contributed by atoms with van der Waals surface area (Å²) in [5, 5.41) is 15.1. The van der Waals surface area contributed by atoms with Crippen molar-refractivity contribution in [2.24, 2.45) is 0 Å². The van der Waals surface area contributed by atoms with Crippen LogP contribution in [0.15, 0.2) is 17.2 Å². The molecule has 3 N–H and O–H groups in total. The van der Waals surface area contributed by atoms with Gasteiger partial charge in [-0.25, -0.2) is 18.2 Å². The van der Waals surface area contributed by atoms with Crippen LogP contribution < -0.4 is 4.72 Å². The number of rotatable bonds is 5. The van der Waals surface area contributed by atoms with Gasteiger partial charge in [-0.2, -0.15) is 5.10 Å². The molecule has 0 radical (unpaired) electrons. The number of hydrogen-bond donors (Lipinski definition) is 3. The van der Waals surface area contributed by atoms with Gasteiger partial charge in [0.25, 0.3) is 10.0 Å². The van der Waals surface area contributed by atoms with E-state index in [4.69, 9.17) is 5.11 Å². The molecule has 2 heterocycles. The van der Waals surface area contributed by atoms with Crippen LogP contribution in [0, 0.1) is 13.8 Å². The van der Waals surface area contributed by atoms with E-state index in [2.05, 4.69) is 19.9 Å². The summed E-state index contributed by atoms with van der Waals surface area (Å²) in [7, 11) is -3.79. The molecule has 0 saturated carbocycles. The number of sulfonamides is 1. The van der Waals surface area contributed by atoms with Gasteiger partial charge in [0.05, 0.1) is 11.4 Å². The molecule has 0 aliphatic carbocycles. The predicted octanol–water partition coefficient (Wildman–Crippen LogP) is 1.38. The number of aryl methyl sites for hydroxylation is 2. The first-order valence-electron chi connectivity index (χ1n) is 5.71. The summed E-state index contributed by atoms with van der Waals surface area (Å²) in [5.41, 5.74) is 0.796. The van der Waals surface area contributed by atoms with E-state index in [0.717, 1.165) is 17.4 Å². The van der Waals surface area contributed by atoms with Gasteiger partial charge in [0.2, 0.25) is 0 Å². The van der Waals surface area contributed by atoms with Crippen LogP contribution in [0.1, 0.15) is 16.3 Å². The molecule has 0 atom stereocenters. The SMILES string of the molecule is Cc1n[nH]c(C)c1S(=O)(=O)Nc1ncc(C=CC(=O)O)s1. The second-order valence-corrected chi connectivity index (χ2v) is 6.79. The number of nitrogens with zero attached hydrogens (tertiary/aromatic N) is 2. The number of carboxylic acids is 1. The molecule has 10 heteroatoms. The maximum Gasteiger partial charge on any atom is 0.328 e. The first kappa shape index (κ1) is 15.2. The quantitative estimate of drug-likeness (QED) is 0.712. The van der Waals surface area contributed by atoms with Crippen molar-refractivity contribution in [1.29, 1.82) is 0 Å². The van der Waals surface area contributed by atoms with Gasteiger partial charge in [-0.05, 0) is 19.9 Å². The van der Waals surface area contributed by atoms with Crippen LogP contribution in [0.3, 0.4) is 0 Å². The number of hydrogen-bond acceptors (Lipinski definition) is 6. The first-order chi connectivity index (χ1) is 9.79. The minimum atomic E-state index is -3.79. The number of nitrogens with one attached hydrogen (secondary N) is 2. The molecule has 0 saturated heterocycles.